The standard InChI is InChI=1S/C15H18F2N2O3S/c1-9(14(21)22)19(11-4-5-11)8-13(20)18-10-2-6-12(7-3-10)23-15(16)17/h2-3,6-7,9,11,15H,4-5,8H2,1H3,(H,18,20)(H,21,22). The van der Waals surface area contributed by atoms with Gasteiger partial charge in [-0.15, -0.1) is 0 Å². The Labute approximate surface area is 137 Å². The number of nitrogens with one attached hydrogen (secondary N) is 1. The molecule has 0 heterocycles. The molecule has 23 heavy (non-hydrogen) atoms. The maximum Gasteiger partial charge on any atom is 0.320 e. The van der Waals surface area contributed by atoms with Crippen LogP contribution in [0.15, 0.2) is 29.2 Å². The predicted molar refractivity (Wildman–Crippen MR) is 83.8 cm³/mol. The Balaban J connectivity index is 1.91. The van der Waals surface area contributed by atoms with Gasteiger partial charge in [-0.2, -0.15) is 8.78 Å². The van der Waals surface area contributed by atoms with Crippen LogP contribution in [0.2, 0.25) is 0 Å². The second kappa shape index (κ2) is 7.74. The van der Waals surface area contributed by atoms with Crippen molar-refractivity contribution in [2.45, 2.75) is 42.5 Å². The molecule has 0 radical (unpaired) electrons. The van der Waals surface area contributed by atoms with Crippen molar-refractivity contribution < 1.29 is 23.5 Å². The molecule has 0 aromatic heterocycles. The fourth-order valence-corrected chi connectivity index (χ4v) is 2.72. The van der Waals surface area contributed by atoms with Gasteiger partial charge in [0.1, 0.15) is 6.04 Å². The summed E-state index contributed by atoms with van der Waals surface area (Å²) in [6, 6.07) is 5.51. The number of alkyl halides is 2. The summed E-state index contributed by atoms with van der Waals surface area (Å²) in [5.74, 6) is -3.77. The van der Waals surface area contributed by atoms with Crippen molar-refractivity contribution in [2.24, 2.45) is 0 Å². The fourth-order valence-electron chi connectivity index (χ4n) is 2.22. The van der Waals surface area contributed by atoms with Gasteiger partial charge in [0, 0.05) is 16.6 Å². The Hall–Kier alpha value is -1.67. The predicted octanol–water partition coefficient (Wildman–Crippen LogP) is 2.88. The van der Waals surface area contributed by atoms with E-state index in [1.807, 2.05) is 0 Å². The molecule has 5 nitrogen and oxygen atoms in total. The first-order valence-corrected chi connectivity index (χ1v) is 8.08. The van der Waals surface area contributed by atoms with Crippen LogP contribution in [0.4, 0.5) is 14.5 Å². The minimum atomic E-state index is -2.49. The van der Waals surface area contributed by atoms with E-state index in [4.69, 9.17) is 5.11 Å². The molecule has 2 rings (SSSR count). The number of rotatable bonds is 8. The molecular weight excluding hydrogens is 326 g/mol. The van der Waals surface area contributed by atoms with Gasteiger partial charge in [-0.05, 0) is 44.0 Å². The van der Waals surface area contributed by atoms with Crippen LogP contribution in [0.5, 0.6) is 0 Å². The van der Waals surface area contributed by atoms with Crippen LogP contribution in [0.25, 0.3) is 0 Å². The number of benzene rings is 1. The summed E-state index contributed by atoms with van der Waals surface area (Å²) in [5, 5.41) is 11.8. The zero-order valence-electron chi connectivity index (χ0n) is 12.5. The van der Waals surface area contributed by atoms with Crippen LogP contribution >= 0.6 is 11.8 Å². The van der Waals surface area contributed by atoms with E-state index in [2.05, 4.69) is 5.32 Å². The molecule has 1 aromatic rings. The molecule has 0 aliphatic heterocycles. The zero-order chi connectivity index (χ0) is 17.0. The molecule has 0 spiro atoms. The van der Waals surface area contributed by atoms with Gasteiger partial charge in [-0.1, -0.05) is 11.8 Å². The molecule has 0 saturated heterocycles. The molecule has 1 atom stereocenters. The number of hydrogen-bond acceptors (Lipinski definition) is 4. The van der Waals surface area contributed by atoms with Gasteiger partial charge in [0.05, 0.1) is 6.54 Å². The van der Waals surface area contributed by atoms with Gasteiger partial charge < -0.3 is 10.4 Å². The Kier molecular flexibility index (Phi) is 5.95. The van der Waals surface area contributed by atoms with Gasteiger partial charge in [0.2, 0.25) is 5.91 Å². The smallest absolute Gasteiger partial charge is 0.320 e. The largest absolute Gasteiger partial charge is 0.480 e. The van der Waals surface area contributed by atoms with Crippen molar-refractivity contribution in [2.75, 3.05) is 11.9 Å². The third-order valence-electron chi connectivity index (χ3n) is 3.56. The molecule has 1 unspecified atom stereocenters. The molecule has 0 bridgehead atoms. The Bertz CT molecular complexity index is 564. The zero-order valence-corrected chi connectivity index (χ0v) is 13.4. The number of carbonyl (C=O) groups excluding carboxylic acids is 1. The van der Waals surface area contributed by atoms with Crippen molar-refractivity contribution in [3.63, 3.8) is 0 Å². The van der Waals surface area contributed by atoms with Gasteiger partial charge in [0.15, 0.2) is 0 Å². The van der Waals surface area contributed by atoms with E-state index in [0.717, 1.165) is 12.8 Å². The number of aliphatic carboxylic acids is 1. The number of amides is 1. The summed E-state index contributed by atoms with van der Waals surface area (Å²) in [5.41, 5.74) is 0.493. The Morgan fingerprint density at radius 1 is 1.35 bits per heavy atom. The van der Waals surface area contributed by atoms with E-state index in [1.165, 1.54) is 12.1 Å². The summed E-state index contributed by atoms with van der Waals surface area (Å²) >= 11 is 0.436. The third-order valence-corrected chi connectivity index (χ3v) is 4.28. The Morgan fingerprint density at radius 3 is 2.43 bits per heavy atom. The molecule has 1 aliphatic carbocycles. The van der Waals surface area contributed by atoms with Gasteiger partial charge in [-0.3, -0.25) is 14.5 Å². The van der Waals surface area contributed by atoms with Crippen LogP contribution in [0.3, 0.4) is 0 Å². The van der Waals surface area contributed by atoms with E-state index < -0.39 is 17.8 Å². The van der Waals surface area contributed by atoms with Gasteiger partial charge in [-0.25, -0.2) is 0 Å². The lowest BCUT2D eigenvalue weighted by atomic mass is 10.2. The monoisotopic (exact) mass is 344 g/mol. The highest BCUT2D eigenvalue weighted by atomic mass is 32.2. The topological polar surface area (TPSA) is 69.6 Å². The number of thioether (sulfide) groups is 1. The molecule has 1 aliphatic rings. The van der Waals surface area contributed by atoms with Crippen LogP contribution in [0, 0.1) is 0 Å². The SMILES string of the molecule is CC(C(=O)O)N(CC(=O)Nc1ccc(SC(F)F)cc1)C1CC1. The molecule has 1 amide bonds. The normalized spacial score (nSPS) is 15.7. The van der Waals surface area contributed by atoms with Crippen LogP contribution < -0.4 is 5.32 Å². The summed E-state index contributed by atoms with van der Waals surface area (Å²) in [4.78, 5) is 25.3. The number of carboxylic acid groups (broad SMARTS) is 1. The van der Waals surface area contributed by atoms with Crippen molar-refractivity contribution >= 4 is 29.3 Å². The number of hydrogen-bond donors (Lipinski definition) is 2. The highest BCUT2D eigenvalue weighted by Crippen LogP contribution is 2.29. The average Bonchev–Trinajstić information content (AvgIpc) is 3.30. The van der Waals surface area contributed by atoms with E-state index in [0.29, 0.717) is 22.3 Å². The molecule has 8 heteroatoms. The molecule has 1 saturated carbocycles. The maximum atomic E-state index is 12.2. The lowest BCUT2D eigenvalue weighted by Crippen LogP contribution is -2.44. The first-order valence-electron chi connectivity index (χ1n) is 7.20. The molecular formula is C15H18F2N2O3S. The van der Waals surface area contributed by atoms with Gasteiger partial charge in [0.25, 0.3) is 5.76 Å². The average molecular weight is 344 g/mol. The van der Waals surface area contributed by atoms with Gasteiger partial charge >= 0.3 is 5.97 Å². The minimum absolute atomic E-state index is 0.00827. The molecule has 1 aromatic carbocycles. The Morgan fingerprint density at radius 2 is 1.96 bits per heavy atom. The summed E-state index contributed by atoms with van der Waals surface area (Å²) in [6.45, 7) is 1.55. The second-order valence-corrected chi connectivity index (χ2v) is 6.43. The molecule has 126 valence electrons. The minimum Gasteiger partial charge on any atom is -0.480 e. The van der Waals surface area contributed by atoms with E-state index in [-0.39, 0.29) is 18.5 Å². The number of anilines is 1. The van der Waals surface area contributed by atoms with Crippen molar-refractivity contribution in [3.05, 3.63) is 24.3 Å². The van der Waals surface area contributed by atoms with Crippen molar-refractivity contribution in [3.8, 4) is 0 Å². The molecule has 2 N–H and O–H groups in total. The number of halogens is 2. The number of carboxylic acids is 1. The summed E-state index contributed by atoms with van der Waals surface area (Å²) in [6.07, 6.45) is 1.79. The van der Waals surface area contributed by atoms with Crippen molar-refractivity contribution in [1.82, 2.24) is 4.90 Å². The summed E-state index contributed by atoms with van der Waals surface area (Å²) < 4.78 is 24.5. The second-order valence-electron chi connectivity index (χ2n) is 5.37. The highest BCUT2D eigenvalue weighted by Gasteiger charge is 2.36. The van der Waals surface area contributed by atoms with E-state index in [9.17, 15) is 18.4 Å². The lowest BCUT2D eigenvalue weighted by molar-refractivity contribution is -0.143. The lowest BCUT2D eigenvalue weighted by Gasteiger charge is -2.25. The highest BCUT2D eigenvalue weighted by molar-refractivity contribution is 7.99. The first-order chi connectivity index (χ1) is 10.9. The van der Waals surface area contributed by atoms with Crippen LogP contribution in [-0.2, 0) is 9.59 Å². The van der Waals surface area contributed by atoms with Crippen LogP contribution in [0.1, 0.15) is 19.8 Å². The third kappa shape index (κ3) is 5.47. The quantitative estimate of drug-likeness (QED) is 0.710. The molecule has 1 fully saturated rings. The van der Waals surface area contributed by atoms with Crippen LogP contribution in [-0.4, -0.2) is 46.3 Å². The number of nitrogens with zero attached hydrogens (tertiary/aromatic N) is 1. The fraction of sp³-hybridized carbons (Fsp3) is 0.467. The van der Waals surface area contributed by atoms with E-state index in [1.54, 1.807) is 24.0 Å². The first kappa shape index (κ1) is 17.7. The number of carbonyl (C=O) groups is 2. The van der Waals surface area contributed by atoms with Crippen molar-refractivity contribution in [1.29, 1.82) is 0 Å². The van der Waals surface area contributed by atoms with E-state index >= 15 is 0 Å². The maximum absolute atomic E-state index is 12.2. The summed E-state index contributed by atoms with van der Waals surface area (Å²) in [7, 11) is 0.